The van der Waals surface area contributed by atoms with Crippen LogP contribution >= 0.6 is 0 Å². The summed E-state index contributed by atoms with van der Waals surface area (Å²) in [7, 11) is 0. The third-order valence-electron chi connectivity index (χ3n) is 18.5. The van der Waals surface area contributed by atoms with E-state index in [-0.39, 0.29) is 0 Å². The third kappa shape index (κ3) is 10.3. The van der Waals surface area contributed by atoms with E-state index in [2.05, 4.69) is 375 Å². The summed E-state index contributed by atoms with van der Waals surface area (Å²) in [6.45, 7) is 4.52. The van der Waals surface area contributed by atoms with Crippen molar-refractivity contribution in [2.24, 2.45) is 0 Å². The lowest BCUT2D eigenvalue weighted by Crippen LogP contribution is -2.13. The number of anilines is 6. The number of para-hydroxylation sites is 2. The normalized spacial score (nSPS) is 11.4. The molecule has 0 saturated carbocycles. The summed E-state index contributed by atoms with van der Waals surface area (Å²) in [5.41, 5.74) is 25.4. The highest BCUT2D eigenvalue weighted by molar-refractivity contribution is 6.15. The van der Waals surface area contributed by atoms with Crippen molar-refractivity contribution in [2.45, 2.75) is 13.8 Å². The van der Waals surface area contributed by atoms with Crippen LogP contribution in [0.4, 0.5) is 34.1 Å². The van der Waals surface area contributed by atoms with Gasteiger partial charge in [0.05, 0.1) is 11.4 Å². The van der Waals surface area contributed by atoms with Crippen LogP contribution in [0.15, 0.2) is 352 Å². The number of aryl methyl sites for hydroxylation is 2. The van der Waals surface area contributed by atoms with Crippen LogP contribution in [-0.2, 0) is 0 Å². The molecule has 2 heteroatoms. The molecule has 16 aromatic carbocycles. The molecule has 92 heavy (non-hydrogen) atoms. The van der Waals surface area contributed by atoms with Crippen molar-refractivity contribution >= 4 is 77.2 Å². The van der Waals surface area contributed by atoms with E-state index in [0.29, 0.717) is 0 Å². The number of hydrogen-bond donors (Lipinski definition) is 0. The average Bonchev–Trinajstić information content (AvgIpc) is 1.69. The van der Waals surface area contributed by atoms with Crippen molar-refractivity contribution in [1.29, 1.82) is 0 Å². The molecule has 0 aliphatic heterocycles. The molecule has 0 radical (unpaired) electrons. The molecule has 0 heterocycles. The molecule has 0 aromatic heterocycles. The molecule has 0 aliphatic carbocycles. The minimum absolute atomic E-state index is 1.08. The van der Waals surface area contributed by atoms with Crippen molar-refractivity contribution in [2.75, 3.05) is 9.80 Å². The predicted octanol–water partition coefficient (Wildman–Crippen LogP) is 25.5. The fourth-order valence-corrected chi connectivity index (χ4v) is 13.9. The zero-order valence-corrected chi connectivity index (χ0v) is 51.4. The van der Waals surface area contributed by atoms with E-state index >= 15 is 0 Å². The van der Waals surface area contributed by atoms with Crippen LogP contribution < -0.4 is 9.80 Å². The van der Waals surface area contributed by atoms with Crippen LogP contribution in [0.3, 0.4) is 0 Å². The summed E-state index contributed by atoms with van der Waals surface area (Å²) in [6.07, 6.45) is 0. The van der Waals surface area contributed by atoms with Gasteiger partial charge in [-0.25, -0.2) is 0 Å². The molecule has 0 unspecified atom stereocenters. The van der Waals surface area contributed by atoms with Gasteiger partial charge in [0.1, 0.15) is 0 Å². The molecule has 0 N–H and O–H groups in total. The fraction of sp³-hybridized carbons (Fsp3) is 0.0222. The molecule has 0 spiro atoms. The smallest absolute Gasteiger partial charge is 0.0540 e. The Morgan fingerprint density at radius 1 is 0.174 bits per heavy atom. The van der Waals surface area contributed by atoms with Gasteiger partial charge in [0.15, 0.2) is 0 Å². The Kier molecular flexibility index (Phi) is 14.4. The van der Waals surface area contributed by atoms with Gasteiger partial charge < -0.3 is 9.80 Å². The lowest BCUT2D eigenvalue weighted by atomic mass is 9.93. The van der Waals surface area contributed by atoms with Gasteiger partial charge in [-0.3, -0.25) is 0 Å². The van der Waals surface area contributed by atoms with E-state index < -0.39 is 0 Å². The fourth-order valence-electron chi connectivity index (χ4n) is 13.9. The molecule has 16 aromatic rings. The van der Waals surface area contributed by atoms with Crippen LogP contribution in [0, 0.1) is 13.8 Å². The van der Waals surface area contributed by atoms with E-state index in [0.717, 1.165) is 78.6 Å². The Balaban J connectivity index is 0.790. The quantitative estimate of drug-likeness (QED) is 0.106. The van der Waals surface area contributed by atoms with Gasteiger partial charge in [0.2, 0.25) is 0 Å². The maximum Gasteiger partial charge on any atom is 0.0540 e. The zero-order valence-electron chi connectivity index (χ0n) is 51.4. The van der Waals surface area contributed by atoms with E-state index in [9.17, 15) is 0 Å². The van der Waals surface area contributed by atoms with Crippen LogP contribution in [0.1, 0.15) is 11.1 Å². The minimum atomic E-state index is 1.08. The lowest BCUT2D eigenvalue weighted by molar-refractivity contribution is 1.24. The first kappa shape index (κ1) is 55.5. The maximum absolute atomic E-state index is 2.45. The number of benzene rings is 16. The summed E-state index contributed by atoms with van der Waals surface area (Å²) in [6, 6.07) is 129. The first-order chi connectivity index (χ1) is 45.5. The summed E-state index contributed by atoms with van der Waals surface area (Å²) >= 11 is 0. The molecule has 0 aliphatic rings. The first-order valence-corrected chi connectivity index (χ1v) is 31.8. The molecule has 2 nitrogen and oxygen atoms in total. The predicted molar refractivity (Wildman–Crippen MR) is 393 cm³/mol. The van der Waals surface area contributed by atoms with Crippen LogP contribution in [-0.4, -0.2) is 0 Å². The van der Waals surface area contributed by atoms with Gasteiger partial charge in [0.25, 0.3) is 0 Å². The van der Waals surface area contributed by atoms with Gasteiger partial charge in [-0.05, 0) is 208 Å². The summed E-state index contributed by atoms with van der Waals surface area (Å²) in [5, 5.41) is 10.0. The zero-order chi connectivity index (χ0) is 61.5. The third-order valence-corrected chi connectivity index (χ3v) is 18.5. The molecule has 16 rings (SSSR count). The molecule has 0 saturated heterocycles. The largest absolute Gasteiger partial charge is 0.310 e. The standard InChI is InChI=1S/C90H64N2/c1-61-57-71(49-55-87(61)91(89-35-19-17-29-79(89)67-41-37-65(38-42-67)63-21-5-3-6-22-63)75-51-45-69(46-52-75)85-59-73-25-9-11-27-77(73)81-31-13-15-33-83(81)85)72-50-56-88(62(2)58-72)92(90-36-20-18-30-80(90)68-43-39-66(40-44-68)64-23-7-4-8-24-64)76-53-47-70(48-54-76)86-60-74-26-10-12-28-78(74)82-32-14-16-34-84(82)86/h3-60H,1-2H3. The van der Waals surface area contributed by atoms with Crippen LogP contribution in [0.25, 0.3) is 121 Å². The van der Waals surface area contributed by atoms with E-state index in [4.69, 9.17) is 0 Å². The maximum atomic E-state index is 2.45. The summed E-state index contributed by atoms with van der Waals surface area (Å²) in [5.74, 6) is 0. The van der Waals surface area contributed by atoms with Gasteiger partial charge >= 0.3 is 0 Å². The second-order valence-electron chi connectivity index (χ2n) is 24.1. The summed E-state index contributed by atoms with van der Waals surface area (Å²) < 4.78 is 0. The molecule has 0 amide bonds. The molecule has 0 fully saturated rings. The lowest BCUT2D eigenvalue weighted by Gasteiger charge is -2.30. The Labute approximate surface area is 538 Å². The Morgan fingerprint density at radius 2 is 0.457 bits per heavy atom. The van der Waals surface area contributed by atoms with Gasteiger partial charge in [-0.15, -0.1) is 0 Å². The second-order valence-corrected chi connectivity index (χ2v) is 24.1. The summed E-state index contributed by atoms with van der Waals surface area (Å²) in [4.78, 5) is 4.91. The highest BCUT2D eigenvalue weighted by atomic mass is 15.2. The van der Waals surface area contributed by atoms with Crippen molar-refractivity contribution in [3.8, 4) is 77.9 Å². The Bertz CT molecular complexity index is 5040. The molecular weight excluding hydrogens is 1110 g/mol. The minimum Gasteiger partial charge on any atom is -0.310 e. The Hall–Kier alpha value is -11.8. The highest BCUT2D eigenvalue weighted by Gasteiger charge is 2.23. The van der Waals surface area contributed by atoms with Crippen molar-refractivity contribution in [1.82, 2.24) is 0 Å². The van der Waals surface area contributed by atoms with Gasteiger partial charge in [0, 0.05) is 33.9 Å². The number of nitrogens with zero attached hydrogens (tertiary/aromatic N) is 2. The molecule has 0 bridgehead atoms. The SMILES string of the molecule is Cc1cc(-c2ccc(N(c3ccc(-c4cc5ccccc5c5ccccc45)cc3)c3ccccc3-c3ccc(-c4ccccc4)cc3)c(C)c2)ccc1N(c1ccc(-c2cc3ccccc3c3ccccc23)cc1)c1ccccc1-c1ccc(-c2ccccc2)cc1. The topological polar surface area (TPSA) is 6.48 Å². The van der Waals surface area contributed by atoms with E-state index in [1.807, 2.05) is 0 Å². The Morgan fingerprint density at radius 3 is 0.848 bits per heavy atom. The average molecular weight is 1170 g/mol. The van der Waals surface area contributed by atoms with Crippen molar-refractivity contribution in [3.63, 3.8) is 0 Å². The van der Waals surface area contributed by atoms with E-state index in [1.165, 1.54) is 87.6 Å². The number of fused-ring (bicyclic) bond motifs is 6. The van der Waals surface area contributed by atoms with Gasteiger partial charge in [-0.2, -0.15) is 0 Å². The highest BCUT2D eigenvalue weighted by Crippen LogP contribution is 2.48. The van der Waals surface area contributed by atoms with Crippen molar-refractivity contribution < 1.29 is 0 Å². The van der Waals surface area contributed by atoms with Crippen LogP contribution in [0.5, 0.6) is 0 Å². The molecule has 434 valence electrons. The second kappa shape index (κ2) is 23.9. The molecule has 0 atom stereocenters. The molecular formula is C90H64N2. The monoisotopic (exact) mass is 1170 g/mol. The number of rotatable bonds is 13. The number of hydrogen-bond acceptors (Lipinski definition) is 2. The van der Waals surface area contributed by atoms with Crippen LogP contribution in [0.2, 0.25) is 0 Å². The van der Waals surface area contributed by atoms with Gasteiger partial charge in [-0.1, -0.05) is 279 Å². The van der Waals surface area contributed by atoms with E-state index in [1.54, 1.807) is 0 Å². The first-order valence-electron chi connectivity index (χ1n) is 31.8. The van der Waals surface area contributed by atoms with Crippen molar-refractivity contribution in [3.05, 3.63) is 363 Å².